The van der Waals surface area contributed by atoms with Crippen LogP contribution >= 0.6 is 22.9 Å². The standard InChI is InChI=1S/C25H14ClN3S/c26-25-28-23(15-8-2-1-3-9-15)27-24(29-25)19-14-21-22(17-11-5-4-10-16(17)19)18-12-6-7-13-20(18)30-21/h1-14H. The minimum Gasteiger partial charge on any atom is -0.208 e. The second-order valence-corrected chi connectivity index (χ2v) is 8.48. The topological polar surface area (TPSA) is 38.7 Å². The molecule has 4 aromatic carbocycles. The van der Waals surface area contributed by atoms with E-state index in [0.717, 1.165) is 16.5 Å². The summed E-state index contributed by atoms with van der Waals surface area (Å²) in [4.78, 5) is 13.6. The summed E-state index contributed by atoms with van der Waals surface area (Å²) >= 11 is 8.11. The first kappa shape index (κ1) is 17.5. The molecule has 30 heavy (non-hydrogen) atoms. The van der Waals surface area contributed by atoms with E-state index >= 15 is 0 Å². The number of nitrogens with zero attached hydrogens (tertiary/aromatic N) is 3. The molecule has 0 amide bonds. The van der Waals surface area contributed by atoms with Gasteiger partial charge in [-0.2, -0.15) is 9.97 Å². The molecule has 6 aromatic rings. The first-order chi connectivity index (χ1) is 14.8. The lowest BCUT2D eigenvalue weighted by atomic mass is 9.99. The summed E-state index contributed by atoms with van der Waals surface area (Å²) in [6, 6.07) is 29.0. The van der Waals surface area contributed by atoms with Crippen LogP contribution in [0.5, 0.6) is 0 Å². The fourth-order valence-corrected chi connectivity index (χ4v) is 5.28. The minimum absolute atomic E-state index is 0.194. The quantitative estimate of drug-likeness (QED) is 0.291. The molecule has 3 nitrogen and oxygen atoms in total. The molecule has 0 N–H and O–H groups in total. The van der Waals surface area contributed by atoms with E-state index in [9.17, 15) is 0 Å². The summed E-state index contributed by atoms with van der Waals surface area (Å²) in [5, 5.41) is 5.05. The monoisotopic (exact) mass is 423 g/mol. The van der Waals surface area contributed by atoms with Crippen LogP contribution in [0, 0.1) is 0 Å². The third-order valence-corrected chi connectivity index (χ3v) is 6.55. The smallest absolute Gasteiger partial charge is 0.208 e. The molecule has 0 aliphatic carbocycles. The Kier molecular flexibility index (Phi) is 4.01. The lowest BCUT2D eigenvalue weighted by molar-refractivity contribution is 1.07. The van der Waals surface area contributed by atoms with Gasteiger partial charge >= 0.3 is 0 Å². The zero-order valence-corrected chi connectivity index (χ0v) is 17.3. The molecule has 0 saturated carbocycles. The van der Waals surface area contributed by atoms with E-state index in [-0.39, 0.29) is 5.28 Å². The predicted octanol–water partition coefficient (Wildman–Crippen LogP) is 7.38. The summed E-state index contributed by atoms with van der Waals surface area (Å²) in [5.41, 5.74) is 1.88. The maximum atomic E-state index is 6.32. The maximum absolute atomic E-state index is 6.32. The fourth-order valence-electron chi connectivity index (χ4n) is 3.96. The number of benzene rings is 4. The number of hydrogen-bond donors (Lipinski definition) is 0. The highest BCUT2D eigenvalue weighted by atomic mass is 35.5. The van der Waals surface area contributed by atoms with Crippen LogP contribution in [-0.4, -0.2) is 15.0 Å². The molecular weight excluding hydrogens is 410 g/mol. The number of hydrogen-bond acceptors (Lipinski definition) is 4. The minimum atomic E-state index is 0.194. The Hall–Kier alpha value is -3.34. The first-order valence-corrected chi connectivity index (χ1v) is 10.8. The summed E-state index contributed by atoms with van der Waals surface area (Å²) in [5.74, 6) is 1.16. The largest absolute Gasteiger partial charge is 0.226 e. The molecule has 0 bridgehead atoms. The number of aromatic nitrogens is 3. The molecule has 0 unspecified atom stereocenters. The molecular formula is C25H14ClN3S. The normalized spacial score (nSPS) is 11.5. The number of thiophene rings is 1. The molecule has 2 heterocycles. The van der Waals surface area contributed by atoms with Gasteiger partial charge in [0.2, 0.25) is 5.28 Å². The first-order valence-electron chi connectivity index (χ1n) is 9.58. The van der Waals surface area contributed by atoms with E-state index in [1.807, 2.05) is 36.4 Å². The highest BCUT2D eigenvalue weighted by molar-refractivity contribution is 7.26. The van der Waals surface area contributed by atoms with Gasteiger partial charge in [0, 0.05) is 31.3 Å². The molecule has 0 saturated heterocycles. The van der Waals surface area contributed by atoms with Crippen molar-refractivity contribution in [3.63, 3.8) is 0 Å². The van der Waals surface area contributed by atoms with Crippen molar-refractivity contribution in [1.82, 2.24) is 15.0 Å². The highest BCUT2D eigenvalue weighted by Gasteiger charge is 2.16. The Morgan fingerprint density at radius 1 is 0.600 bits per heavy atom. The van der Waals surface area contributed by atoms with Gasteiger partial charge in [-0.3, -0.25) is 0 Å². The van der Waals surface area contributed by atoms with Gasteiger partial charge in [-0.15, -0.1) is 11.3 Å². The van der Waals surface area contributed by atoms with Gasteiger partial charge in [-0.25, -0.2) is 4.98 Å². The van der Waals surface area contributed by atoms with E-state index in [4.69, 9.17) is 16.6 Å². The van der Waals surface area contributed by atoms with Crippen LogP contribution in [0.3, 0.4) is 0 Å². The molecule has 0 radical (unpaired) electrons. The molecule has 0 aliphatic rings. The predicted molar refractivity (Wildman–Crippen MR) is 126 cm³/mol. The lowest BCUT2D eigenvalue weighted by Gasteiger charge is -2.09. The van der Waals surface area contributed by atoms with E-state index in [1.54, 1.807) is 11.3 Å². The van der Waals surface area contributed by atoms with Crippen LogP contribution < -0.4 is 0 Å². The number of rotatable bonds is 2. The lowest BCUT2D eigenvalue weighted by Crippen LogP contribution is -1.97. The molecule has 142 valence electrons. The molecule has 6 rings (SSSR count). The van der Waals surface area contributed by atoms with Gasteiger partial charge in [-0.1, -0.05) is 72.8 Å². The van der Waals surface area contributed by atoms with Gasteiger partial charge in [0.15, 0.2) is 11.6 Å². The average molecular weight is 424 g/mol. The van der Waals surface area contributed by atoms with Crippen molar-refractivity contribution < 1.29 is 0 Å². The molecule has 0 spiro atoms. The molecule has 5 heteroatoms. The van der Waals surface area contributed by atoms with Crippen molar-refractivity contribution in [1.29, 1.82) is 0 Å². The molecule has 0 atom stereocenters. The average Bonchev–Trinajstić information content (AvgIpc) is 3.17. The number of fused-ring (bicyclic) bond motifs is 5. The van der Waals surface area contributed by atoms with Gasteiger partial charge in [0.05, 0.1) is 0 Å². The van der Waals surface area contributed by atoms with Gasteiger partial charge in [-0.05, 0) is 34.5 Å². The Morgan fingerprint density at radius 3 is 2.10 bits per heavy atom. The third-order valence-electron chi connectivity index (χ3n) is 5.27. The second kappa shape index (κ2) is 6.87. The van der Waals surface area contributed by atoms with Crippen LogP contribution in [0.15, 0.2) is 84.9 Å². The van der Waals surface area contributed by atoms with Crippen LogP contribution in [-0.2, 0) is 0 Å². The number of halogens is 1. The van der Waals surface area contributed by atoms with Crippen LogP contribution in [0.2, 0.25) is 5.28 Å². The van der Waals surface area contributed by atoms with Gasteiger partial charge in [0.25, 0.3) is 0 Å². The van der Waals surface area contributed by atoms with E-state index in [0.29, 0.717) is 11.6 Å². The van der Waals surface area contributed by atoms with Crippen molar-refractivity contribution >= 4 is 53.9 Å². The van der Waals surface area contributed by atoms with Crippen molar-refractivity contribution in [3.05, 3.63) is 90.2 Å². The summed E-state index contributed by atoms with van der Waals surface area (Å²) < 4.78 is 2.48. The third kappa shape index (κ3) is 2.76. The van der Waals surface area contributed by atoms with E-state index in [1.165, 1.54) is 25.6 Å². The van der Waals surface area contributed by atoms with Gasteiger partial charge < -0.3 is 0 Å². The van der Waals surface area contributed by atoms with Crippen molar-refractivity contribution in [2.75, 3.05) is 0 Å². The molecule has 2 aromatic heterocycles. The fraction of sp³-hybridized carbons (Fsp3) is 0. The Bertz CT molecular complexity index is 1560. The zero-order valence-electron chi connectivity index (χ0n) is 15.7. The Balaban J connectivity index is 1.69. The van der Waals surface area contributed by atoms with E-state index in [2.05, 4.69) is 58.5 Å². The van der Waals surface area contributed by atoms with Crippen LogP contribution in [0.25, 0.3) is 53.7 Å². The van der Waals surface area contributed by atoms with Gasteiger partial charge in [0.1, 0.15) is 0 Å². The molecule has 0 fully saturated rings. The van der Waals surface area contributed by atoms with Crippen LogP contribution in [0.4, 0.5) is 0 Å². The maximum Gasteiger partial charge on any atom is 0.226 e. The SMILES string of the molecule is Clc1nc(-c2ccccc2)nc(-c2cc3sc4ccccc4c3c3ccccc23)n1. The summed E-state index contributed by atoms with van der Waals surface area (Å²) in [6.07, 6.45) is 0. The zero-order chi connectivity index (χ0) is 20.1. The van der Waals surface area contributed by atoms with Crippen molar-refractivity contribution in [3.8, 4) is 22.8 Å². The second-order valence-electron chi connectivity index (χ2n) is 7.06. The van der Waals surface area contributed by atoms with Crippen molar-refractivity contribution in [2.24, 2.45) is 0 Å². The molecule has 0 aliphatic heterocycles. The Morgan fingerprint density at radius 2 is 1.27 bits per heavy atom. The Labute approximate surface area is 181 Å². The summed E-state index contributed by atoms with van der Waals surface area (Å²) in [7, 11) is 0. The van der Waals surface area contributed by atoms with E-state index < -0.39 is 0 Å². The highest BCUT2D eigenvalue weighted by Crippen LogP contribution is 2.42. The van der Waals surface area contributed by atoms with Crippen LogP contribution in [0.1, 0.15) is 0 Å². The summed E-state index contributed by atoms with van der Waals surface area (Å²) in [6.45, 7) is 0. The van der Waals surface area contributed by atoms with Crippen molar-refractivity contribution in [2.45, 2.75) is 0 Å².